The summed E-state index contributed by atoms with van der Waals surface area (Å²) in [6, 6.07) is 13.3. The zero-order chi connectivity index (χ0) is 20.5. The van der Waals surface area contributed by atoms with Crippen LogP contribution >= 0.6 is 11.6 Å². The Labute approximate surface area is 168 Å². The van der Waals surface area contributed by atoms with Crippen LogP contribution in [-0.4, -0.2) is 11.8 Å². The number of fused-ring (bicyclic) bond motifs is 1. The van der Waals surface area contributed by atoms with Gasteiger partial charge in [-0.3, -0.25) is 4.79 Å². The van der Waals surface area contributed by atoms with Gasteiger partial charge in [0.1, 0.15) is 23.1 Å². The number of Topliss-reactive ketones (excluding diaryl/α,β-unsaturated/α-hetero) is 1. The lowest BCUT2D eigenvalue weighted by Crippen LogP contribution is -2.08. The fourth-order valence-corrected chi connectivity index (χ4v) is 2.98. The van der Waals surface area contributed by atoms with Crippen LogP contribution in [0.5, 0.6) is 11.5 Å². The van der Waals surface area contributed by atoms with Gasteiger partial charge in [0.15, 0.2) is 5.76 Å². The first kappa shape index (κ1) is 18.8. The van der Waals surface area contributed by atoms with E-state index in [4.69, 9.17) is 21.1 Å². The molecule has 0 atom stereocenters. The number of esters is 1. The molecule has 4 rings (SSSR count). The Morgan fingerprint density at radius 3 is 2.52 bits per heavy atom. The van der Waals surface area contributed by atoms with E-state index in [9.17, 15) is 18.4 Å². The molecule has 3 aromatic rings. The molecule has 144 valence electrons. The van der Waals surface area contributed by atoms with Crippen LogP contribution in [0.4, 0.5) is 8.78 Å². The first-order valence-electron chi connectivity index (χ1n) is 8.42. The van der Waals surface area contributed by atoms with Crippen molar-refractivity contribution < 1.29 is 27.8 Å². The molecule has 3 aromatic carbocycles. The predicted molar refractivity (Wildman–Crippen MR) is 102 cm³/mol. The Morgan fingerprint density at radius 1 is 1.03 bits per heavy atom. The molecule has 0 saturated carbocycles. The topological polar surface area (TPSA) is 52.6 Å². The van der Waals surface area contributed by atoms with Gasteiger partial charge in [-0.15, -0.1) is 0 Å². The van der Waals surface area contributed by atoms with Gasteiger partial charge in [-0.2, -0.15) is 0 Å². The zero-order valence-corrected chi connectivity index (χ0v) is 15.4. The molecule has 0 aromatic heterocycles. The Hall–Kier alpha value is -3.51. The maximum atomic E-state index is 14.0. The van der Waals surface area contributed by atoms with Gasteiger partial charge >= 0.3 is 5.97 Å². The number of halogens is 3. The van der Waals surface area contributed by atoms with E-state index >= 15 is 0 Å². The van der Waals surface area contributed by atoms with Gasteiger partial charge in [0.2, 0.25) is 5.78 Å². The summed E-state index contributed by atoms with van der Waals surface area (Å²) in [6.45, 7) is 0. The number of hydrogen-bond acceptors (Lipinski definition) is 4. The van der Waals surface area contributed by atoms with Crippen LogP contribution in [0.3, 0.4) is 0 Å². The normalized spacial score (nSPS) is 13.9. The molecule has 0 radical (unpaired) electrons. The minimum absolute atomic E-state index is 0.0354. The average molecular weight is 413 g/mol. The van der Waals surface area contributed by atoms with Crippen molar-refractivity contribution in [3.63, 3.8) is 0 Å². The number of hydrogen-bond donors (Lipinski definition) is 0. The first-order valence-corrected chi connectivity index (χ1v) is 8.80. The highest BCUT2D eigenvalue weighted by Gasteiger charge is 2.28. The van der Waals surface area contributed by atoms with Gasteiger partial charge in [0, 0.05) is 11.6 Å². The molecular weight excluding hydrogens is 402 g/mol. The number of allylic oxidation sites excluding steroid dienone is 1. The third-order valence-electron chi connectivity index (χ3n) is 4.21. The summed E-state index contributed by atoms with van der Waals surface area (Å²) in [5.74, 6) is -2.01. The summed E-state index contributed by atoms with van der Waals surface area (Å²) in [4.78, 5) is 24.7. The van der Waals surface area contributed by atoms with E-state index in [1.807, 2.05) is 0 Å². The van der Waals surface area contributed by atoms with E-state index in [0.29, 0.717) is 0 Å². The maximum absolute atomic E-state index is 14.0. The van der Waals surface area contributed by atoms with E-state index in [0.717, 1.165) is 12.1 Å². The van der Waals surface area contributed by atoms with Crippen molar-refractivity contribution in [1.29, 1.82) is 0 Å². The van der Waals surface area contributed by atoms with Crippen LogP contribution in [0.25, 0.3) is 6.08 Å². The largest absolute Gasteiger partial charge is 0.452 e. The number of ether oxygens (including phenoxy) is 2. The van der Waals surface area contributed by atoms with Crippen LogP contribution in [0.15, 0.2) is 66.4 Å². The number of ketones is 1. The van der Waals surface area contributed by atoms with Crippen molar-refractivity contribution in [2.45, 2.75) is 0 Å². The van der Waals surface area contributed by atoms with Crippen LogP contribution < -0.4 is 9.47 Å². The lowest BCUT2D eigenvalue weighted by atomic mass is 10.1. The fourth-order valence-electron chi connectivity index (χ4n) is 2.76. The van der Waals surface area contributed by atoms with E-state index < -0.39 is 23.4 Å². The summed E-state index contributed by atoms with van der Waals surface area (Å²) in [6.07, 6.45) is 1.23. The SMILES string of the molecule is O=C(Oc1ccc2c(c1)O/C(=C\c1c(F)cccc1Cl)C2=O)c1ccc(F)cc1. The number of carbonyl (C=O) groups excluding carboxylic acids is 2. The highest BCUT2D eigenvalue weighted by atomic mass is 35.5. The highest BCUT2D eigenvalue weighted by molar-refractivity contribution is 6.32. The average Bonchev–Trinajstić information content (AvgIpc) is 3.00. The smallest absolute Gasteiger partial charge is 0.343 e. The van der Waals surface area contributed by atoms with Crippen molar-refractivity contribution in [2.75, 3.05) is 0 Å². The summed E-state index contributed by atoms with van der Waals surface area (Å²) in [7, 11) is 0. The Morgan fingerprint density at radius 2 is 1.79 bits per heavy atom. The number of carbonyl (C=O) groups is 2. The highest BCUT2D eigenvalue weighted by Crippen LogP contribution is 2.36. The summed E-state index contributed by atoms with van der Waals surface area (Å²) < 4.78 is 37.7. The van der Waals surface area contributed by atoms with E-state index in [-0.39, 0.29) is 39.0 Å². The van der Waals surface area contributed by atoms with Crippen molar-refractivity contribution in [2.24, 2.45) is 0 Å². The lowest BCUT2D eigenvalue weighted by Gasteiger charge is -2.06. The Kier molecular flexibility index (Phi) is 4.86. The monoisotopic (exact) mass is 412 g/mol. The zero-order valence-electron chi connectivity index (χ0n) is 14.6. The summed E-state index contributed by atoms with van der Waals surface area (Å²) >= 11 is 5.99. The van der Waals surface area contributed by atoms with Crippen molar-refractivity contribution in [3.05, 3.63) is 99.8 Å². The molecule has 1 aliphatic heterocycles. The molecule has 0 unspecified atom stereocenters. The van der Waals surface area contributed by atoms with Crippen LogP contribution in [0, 0.1) is 11.6 Å². The second kappa shape index (κ2) is 7.48. The van der Waals surface area contributed by atoms with E-state index in [1.54, 1.807) is 0 Å². The van der Waals surface area contributed by atoms with E-state index in [2.05, 4.69) is 0 Å². The molecule has 29 heavy (non-hydrogen) atoms. The molecule has 1 heterocycles. The molecule has 1 aliphatic rings. The lowest BCUT2D eigenvalue weighted by molar-refractivity contribution is 0.0734. The molecule has 0 saturated heterocycles. The molecular formula is C22H11ClF2O4. The number of benzene rings is 3. The summed E-state index contributed by atoms with van der Waals surface area (Å²) in [5, 5.41) is 0.138. The molecule has 4 nitrogen and oxygen atoms in total. The van der Waals surface area contributed by atoms with Crippen molar-refractivity contribution in [1.82, 2.24) is 0 Å². The fraction of sp³-hybridized carbons (Fsp3) is 0. The predicted octanol–water partition coefficient (Wildman–Crippen LogP) is 5.45. The van der Waals surface area contributed by atoms with Gasteiger partial charge in [-0.05, 0) is 54.6 Å². The number of rotatable bonds is 3. The Balaban J connectivity index is 1.58. The molecule has 0 spiro atoms. The van der Waals surface area contributed by atoms with Crippen molar-refractivity contribution >= 4 is 29.4 Å². The van der Waals surface area contributed by atoms with Gasteiger partial charge in [0.25, 0.3) is 0 Å². The van der Waals surface area contributed by atoms with Crippen LogP contribution in [0.2, 0.25) is 5.02 Å². The second-order valence-corrected chi connectivity index (χ2v) is 6.54. The standard InChI is InChI=1S/C22H11ClF2O4/c23-17-2-1-3-18(25)16(17)11-20-21(26)15-9-8-14(10-19(15)29-20)28-22(27)12-4-6-13(24)7-5-12/h1-11H/b20-11-. The van der Waals surface area contributed by atoms with Gasteiger partial charge < -0.3 is 9.47 Å². The summed E-state index contributed by atoms with van der Waals surface area (Å²) in [5.41, 5.74) is 0.442. The minimum atomic E-state index is -0.692. The third-order valence-corrected chi connectivity index (χ3v) is 4.54. The second-order valence-electron chi connectivity index (χ2n) is 6.13. The Bertz CT molecular complexity index is 1150. The molecule has 0 bridgehead atoms. The third kappa shape index (κ3) is 3.75. The van der Waals surface area contributed by atoms with Gasteiger partial charge in [-0.1, -0.05) is 17.7 Å². The van der Waals surface area contributed by atoms with Gasteiger partial charge in [0.05, 0.1) is 16.1 Å². The van der Waals surface area contributed by atoms with Crippen LogP contribution in [-0.2, 0) is 0 Å². The molecule has 7 heteroatoms. The van der Waals surface area contributed by atoms with E-state index in [1.165, 1.54) is 54.6 Å². The molecule has 0 amide bonds. The quantitative estimate of drug-likeness (QED) is 0.326. The molecule has 0 aliphatic carbocycles. The molecule has 0 fully saturated rings. The molecule has 0 N–H and O–H groups in total. The van der Waals surface area contributed by atoms with Crippen molar-refractivity contribution in [3.8, 4) is 11.5 Å². The minimum Gasteiger partial charge on any atom is -0.452 e. The first-order chi connectivity index (χ1) is 13.9. The maximum Gasteiger partial charge on any atom is 0.343 e. The van der Waals surface area contributed by atoms with Crippen LogP contribution in [0.1, 0.15) is 26.3 Å². The van der Waals surface area contributed by atoms with Gasteiger partial charge in [-0.25, -0.2) is 13.6 Å².